The standard InChI is InChI=1S/C21H32N4OS/c1-3-5-8-13-25-19-10-7-6-9-18(19)23-21(25)27-16-20(26)22-17-11-14-24(4-2)15-12-17/h6-7,9-10,17H,3-5,8,11-16H2,1-2H3,(H,22,26). The summed E-state index contributed by atoms with van der Waals surface area (Å²) < 4.78 is 2.28. The van der Waals surface area contributed by atoms with Crippen molar-refractivity contribution in [2.75, 3.05) is 25.4 Å². The number of rotatable bonds is 9. The molecule has 0 radical (unpaired) electrons. The summed E-state index contributed by atoms with van der Waals surface area (Å²) in [6.07, 6.45) is 5.67. The molecule has 0 spiro atoms. The van der Waals surface area contributed by atoms with Gasteiger partial charge in [0.2, 0.25) is 5.91 Å². The van der Waals surface area contributed by atoms with Gasteiger partial charge in [0.05, 0.1) is 16.8 Å². The Hall–Kier alpha value is -1.53. The topological polar surface area (TPSA) is 50.2 Å². The summed E-state index contributed by atoms with van der Waals surface area (Å²) in [5, 5.41) is 4.18. The molecule has 27 heavy (non-hydrogen) atoms. The maximum atomic E-state index is 12.4. The minimum Gasteiger partial charge on any atom is -0.353 e. The van der Waals surface area contributed by atoms with Gasteiger partial charge in [-0.25, -0.2) is 4.98 Å². The van der Waals surface area contributed by atoms with Crippen LogP contribution in [0.1, 0.15) is 46.0 Å². The van der Waals surface area contributed by atoms with E-state index in [4.69, 9.17) is 4.98 Å². The zero-order chi connectivity index (χ0) is 19.1. The van der Waals surface area contributed by atoms with Gasteiger partial charge in [-0.15, -0.1) is 0 Å². The highest BCUT2D eigenvalue weighted by molar-refractivity contribution is 7.99. The number of carbonyl (C=O) groups excluding carboxylic acids is 1. The minimum absolute atomic E-state index is 0.127. The lowest BCUT2D eigenvalue weighted by Gasteiger charge is -2.31. The summed E-state index contributed by atoms with van der Waals surface area (Å²) in [4.78, 5) is 19.7. The van der Waals surface area contributed by atoms with Crippen LogP contribution in [0.15, 0.2) is 29.4 Å². The predicted octanol–water partition coefficient (Wildman–Crippen LogP) is 3.92. The van der Waals surface area contributed by atoms with E-state index < -0.39 is 0 Å². The Balaban J connectivity index is 1.57. The molecule has 0 bridgehead atoms. The number of hydrogen-bond acceptors (Lipinski definition) is 4. The number of aryl methyl sites for hydroxylation is 1. The number of imidazole rings is 1. The van der Waals surface area contributed by atoms with E-state index in [1.807, 2.05) is 6.07 Å². The maximum Gasteiger partial charge on any atom is 0.230 e. The first-order valence-electron chi connectivity index (χ1n) is 10.3. The van der Waals surface area contributed by atoms with E-state index >= 15 is 0 Å². The van der Waals surface area contributed by atoms with E-state index in [0.717, 1.165) is 56.1 Å². The first-order valence-corrected chi connectivity index (χ1v) is 11.3. The van der Waals surface area contributed by atoms with Crippen LogP contribution in [0.5, 0.6) is 0 Å². The van der Waals surface area contributed by atoms with Gasteiger partial charge in [0, 0.05) is 25.7 Å². The molecule has 0 aliphatic carbocycles. The van der Waals surface area contributed by atoms with Crippen molar-refractivity contribution in [2.24, 2.45) is 0 Å². The number of amides is 1. The normalized spacial score (nSPS) is 16.1. The lowest BCUT2D eigenvalue weighted by Crippen LogP contribution is -2.45. The van der Waals surface area contributed by atoms with E-state index in [2.05, 4.69) is 46.8 Å². The lowest BCUT2D eigenvalue weighted by molar-refractivity contribution is -0.119. The van der Waals surface area contributed by atoms with Gasteiger partial charge in [0.1, 0.15) is 0 Å². The van der Waals surface area contributed by atoms with Crippen LogP contribution >= 0.6 is 11.8 Å². The van der Waals surface area contributed by atoms with Crippen molar-refractivity contribution >= 4 is 28.7 Å². The van der Waals surface area contributed by atoms with E-state index in [9.17, 15) is 4.79 Å². The van der Waals surface area contributed by atoms with Gasteiger partial charge >= 0.3 is 0 Å². The molecule has 1 aromatic carbocycles. The van der Waals surface area contributed by atoms with Crippen molar-refractivity contribution in [1.29, 1.82) is 0 Å². The van der Waals surface area contributed by atoms with Crippen molar-refractivity contribution in [3.8, 4) is 0 Å². The van der Waals surface area contributed by atoms with Crippen molar-refractivity contribution in [2.45, 2.75) is 63.7 Å². The Morgan fingerprint density at radius 3 is 2.74 bits per heavy atom. The molecule has 0 unspecified atom stereocenters. The Morgan fingerprint density at radius 2 is 2.00 bits per heavy atom. The van der Waals surface area contributed by atoms with Crippen LogP contribution in [0.25, 0.3) is 11.0 Å². The summed E-state index contributed by atoms with van der Waals surface area (Å²) in [6.45, 7) is 8.65. The van der Waals surface area contributed by atoms with Gasteiger partial charge in [-0.1, -0.05) is 50.6 Å². The van der Waals surface area contributed by atoms with Crippen LogP contribution in [0.2, 0.25) is 0 Å². The van der Waals surface area contributed by atoms with Crippen LogP contribution in [-0.4, -0.2) is 51.8 Å². The van der Waals surface area contributed by atoms with Crippen LogP contribution < -0.4 is 5.32 Å². The fraction of sp³-hybridized carbons (Fsp3) is 0.619. The maximum absolute atomic E-state index is 12.4. The quantitative estimate of drug-likeness (QED) is 0.522. The zero-order valence-corrected chi connectivity index (χ0v) is 17.4. The van der Waals surface area contributed by atoms with Crippen LogP contribution in [0.4, 0.5) is 0 Å². The Bertz CT molecular complexity index is 737. The molecule has 148 valence electrons. The molecular weight excluding hydrogens is 356 g/mol. The van der Waals surface area contributed by atoms with Gasteiger partial charge in [0.15, 0.2) is 5.16 Å². The first kappa shape index (κ1) is 20.2. The number of carbonyl (C=O) groups is 1. The number of para-hydroxylation sites is 2. The van der Waals surface area contributed by atoms with Crippen molar-refractivity contribution in [3.05, 3.63) is 24.3 Å². The highest BCUT2D eigenvalue weighted by Crippen LogP contribution is 2.25. The van der Waals surface area contributed by atoms with Crippen molar-refractivity contribution in [1.82, 2.24) is 19.8 Å². The number of likely N-dealkylation sites (tertiary alicyclic amines) is 1. The van der Waals surface area contributed by atoms with E-state index in [0.29, 0.717) is 11.8 Å². The van der Waals surface area contributed by atoms with E-state index in [-0.39, 0.29) is 5.91 Å². The van der Waals surface area contributed by atoms with Gasteiger partial charge < -0.3 is 14.8 Å². The monoisotopic (exact) mass is 388 g/mol. The van der Waals surface area contributed by atoms with Crippen LogP contribution in [-0.2, 0) is 11.3 Å². The van der Waals surface area contributed by atoms with Gasteiger partial charge in [-0.05, 0) is 37.9 Å². The molecule has 1 aliphatic heterocycles. The number of piperidine rings is 1. The molecule has 2 heterocycles. The van der Waals surface area contributed by atoms with E-state index in [1.165, 1.54) is 18.4 Å². The third kappa shape index (κ3) is 5.48. The number of unbranched alkanes of at least 4 members (excludes halogenated alkanes) is 2. The average Bonchev–Trinajstić information content (AvgIpc) is 3.05. The summed E-state index contributed by atoms with van der Waals surface area (Å²) in [5.41, 5.74) is 2.19. The summed E-state index contributed by atoms with van der Waals surface area (Å²) in [6, 6.07) is 8.58. The second kappa shape index (κ2) is 10.1. The largest absolute Gasteiger partial charge is 0.353 e. The molecule has 1 aromatic heterocycles. The minimum atomic E-state index is 0.127. The van der Waals surface area contributed by atoms with Crippen LogP contribution in [0.3, 0.4) is 0 Å². The molecule has 1 amide bonds. The van der Waals surface area contributed by atoms with E-state index in [1.54, 1.807) is 11.8 Å². The SMILES string of the molecule is CCCCCn1c(SCC(=O)NC2CCN(CC)CC2)nc2ccccc21. The molecule has 2 aromatic rings. The third-order valence-electron chi connectivity index (χ3n) is 5.34. The molecule has 1 N–H and O–H groups in total. The fourth-order valence-electron chi connectivity index (χ4n) is 3.69. The van der Waals surface area contributed by atoms with Crippen LogP contribution in [0, 0.1) is 0 Å². The highest BCUT2D eigenvalue weighted by Gasteiger charge is 2.20. The van der Waals surface area contributed by atoms with Gasteiger partial charge in [-0.3, -0.25) is 4.79 Å². The highest BCUT2D eigenvalue weighted by atomic mass is 32.2. The predicted molar refractivity (Wildman–Crippen MR) is 113 cm³/mol. The summed E-state index contributed by atoms with van der Waals surface area (Å²) in [7, 11) is 0. The molecule has 0 saturated carbocycles. The number of hydrogen-bond donors (Lipinski definition) is 1. The van der Waals surface area contributed by atoms with Crippen molar-refractivity contribution in [3.63, 3.8) is 0 Å². The second-order valence-corrected chi connectivity index (χ2v) is 8.25. The molecule has 3 rings (SSSR count). The molecule has 1 aliphatic rings. The number of fused-ring (bicyclic) bond motifs is 1. The molecule has 6 heteroatoms. The Kier molecular flexibility index (Phi) is 7.59. The number of thioether (sulfide) groups is 1. The smallest absolute Gasteiger partial charge is 0.230 e. The number of benzene rings is 1. The average molecular weight is 389 g/mol. The Labute approximate surface area is 166 Å². The lowest BCUT2D eigenvalue weighted by atomic mass is 10.1. The van der Waals surface area contributed by atoms with Gasteiger partial charge in [-0.2, -0.15) is 0 Å². The van der Waals surface area contributed by atoms with Gasteiger partial charge in [0.25, 0.3) is 0 Å². The second-order valence-electron chi connectivity index (χ2n) is 7.31. The number of nitrogens with one attached hydrogen (secondary N) is 1. The summed E-state index contributed by atoms with van der Waals surface area (Å²) >= 11 is 1.56. The molecule has 0 atom stereocenters. The number of aromatic nitrogens is 2. The zero-order valence-electron chi connectivity index (χ0n) is 16.6. The fourth-order valence-corrected chi connectivity index (χ4v) is 4.54. The molecule has 5 nitrogen and oxygen atoms in total. The third-order valence-corrected chi connectivity index (χ3v) is 6.31. The number of nitrogens with zero attached hydrogens (tertiary/aromatic N) is 3. The molecule has 1 fully saturated rings. The van der Waals surface area contributed by atoms with Crippen molar-refractivity contribution < 1.29 is 4.79 Å². The Morgan fingerprint density at radius 1 is 1.22 bits per heavy atom. The molecule has 1 saturated heterocycles. The molecular formula is C21H32N4OS. The summed E-state index contributed by atoms with van der Waals surface area (Å²) in [5.74, 6) is 0.563. The first-order chi connectivity index (χ1) is 13.2.